The Morgan fingerprint density at radius 3 is 2.59 bits per heavy atom. The first-order chi connectivity index (χ1) is 10.5. The van der Waals surface area contributed by atoms with Crippen LogP contribution in [0.3, 0.4) is 0 Å². The Kier molecular flexibility index (Phi) is 3.70. The molecule has 2 aromatic rings. The van der Waals surface area contributed by atoms with Gasteiger partial charge in [0.25, 0.3) is 11.6 Å². The number of nitro groups is 1. The third-order valence-corrected chi connectivity index (χ3v) is 4.21. The number of hydrogen-bond acceptors (Lipinski definition) is 3. The molecule has 0 atom stereocenters. The minimum Gasteiger partial charge on any atom is -0.302 e. The van der Waals surface area contributed by atoms with E-state index in [1.807, 2.05) is 25.1 Å². The highest BCUT2D eigenvalue weighted by Gasteiger charge is 2.33. The van der Waals surface area contributed by atoms with Crippen LogP contribution in [-0.2, 0) is 6.42 Å². The Balaban J connectivity index is 2.05. The van der Waals surface area contributed by atoms with Gasteiger partial charge in [0, 0.05) is 22.6 Å². The molecular formula is C16H13BrN2O3. The number of fused-ring (bicyclic) bond motifs is 1. The highest BCUT2D eigenvalue weighted by atomic mass is 79.9. The zero-order chi connectivity index (χ0) is 15.9. The number of carbonyl (C=O) groups is 1. The predicted octanol–water partition coefficient (Wildman–Crippen LogP) is 3.87. The van der Waals surface area contributed by atoms with E-state index in [1.54, 1.807) is 12.1 Å². The number of carbonyl (C=O) groups excluding carboxylic acids is 1. The largest absolute Gasteiger partial charge is 0.302 e. The third kappa shape index (κ3) is 2.50. The Labute approximate surface area is 135 Å². The summed E-state index contributed by atoms with van der Waals surface area (Å²) >= 11 is 3.29. The van der Waals surface area contributed by atoms with E-state index in [0.29, 0.717) is 28.7 Å². The minimum absolute atomic E-state index is 0.0395. The van der Waals surface area contributed by atoms with Gasteiger partial charge in [-0.25, -0.2) is 0 Å². The number of nitro benzene ring substituents is 1. The van der Waals surface area contributed by atoms with Gasteiger partial charge in [-0.1, -0.05) is 33.6 Å². The number of nitrogens with zero attached hydrogens (tertiary/aromatic N) is 2. The Morgan fingerprint density at radius 1 is 1.27 bits per heavy atom. The quantitative estimate of drug-likeness (QED) is 0.603. The molecule has 112 valence electrons. The standard InChI is InChI=1S/C16H13BrN2O3/c1-10-2-4-11(5-3-10)16(20)18-7-6-12-8-13(17)9-14(15(12)18)19(21)22/h2-5,8-9H,6-7H2,1H3. The number of hydrogen-bond donors (Lipinski definition) is 0. The van der Waals surface area contributed by atoms with Gasteiger partial charge < -0.3 is 4.90 Å². The maximum atomic E-state index is 12.7. The van der Waals surface area contributed by atoms with Gasteiger partial charge in [-0.05, 0) is 37.1 Å². The summed E-state index contributed by atoms with van der Waals surface area (Å²) in [5.74, 6) is -0.204. The first-order valence-corrected chi connectivity index (χ1v) is 7.62. The second-order valence-electron chi connectivity index (χ2n) is 5.26. The fourth-order valence-corrected chi connectivity index (χ4v) is 3.17. The summed E-state index contributed by atoms with van der Waals surface area (Å²) in [7, 11) is 0. The summed E-state index contributed by atoms with van der Waals surface area (Å²) in [6.45, 7) is 2.40. The van der Waals surface area contributed by atoms with E-state index in [4.69, 9.17) is 0 Å². The molecule has 1 aliphatic rings. The van der Waals surface area contributed by atoms with Crippen molar-refractivity contribution in [3.63, 3.8) is 0 Å². The van der Waals surface area contributed by atoms with E-state index in [-0.39, 0.29) is 11.6 Å². The van der Waals surface area contributed by atoms with E-state index < -0.39 is 4.92 Å². The molecule has 1 heterocycles. The molecule has 0 fully saturated rings. The van der Waals surface area contributed by atoms with Gasteiger partial charge >= 0.3 is 0 Å². The fraction of sp³-hybridized carbons (Fsp3) is 0.188. The van der Waals surface area contributed by atoms with Gasteiger partial charge in [-0.3, -0.25) is 14.9 Å². The van der Waals surface area contributed by atoms with Crippen LogP contribution in [0.15, 0.2) is 40.9 Å². The van der Waals surface area contributed by atoms with Crippen LogP contribution in [0.25, 0.3) is 0 Å². The van der Waals surface area contributed by atoms with Crippen LogP contribution in [0.1, 0.15) is 21.5 Å². The lowest BCUT2D eigenvalue weighted by Crippen LogP contribution is -2.29. The van der Waals surface area contributed by atoms with Crippen LogP contribution >= 0.6 is 15.9 Å². The van der Waals surface area contributed by atoms with Crippen LogP contribution < -0.4 is 4.90 Å². The van der Waals surface area contributed by atoms with Crippen molar-refractivity contribution < 1.29 is 9.72 Å². The smallest absolute Gasteiger partial charge is 0.294 e. The van der Waals surface area contributed by atoms with Crippen LogP contribution in [0, 0.1) is 17.0 Å². The molecule has 0 unspecified atom stereocenters. The van der Waals surface area contributed by atoms with Gasteiger partial charge in [0.1, 0.15) is 5.69 Å². The Morgan fingerprint density at radius 2 is 1.95 bits per heavy atom. The molecule has 5 nitrogen and oxygen atoms in total. The topological polar surface area (TPSA) is 63.5 Å². The van der Waals surface area contributed by atoms with Gasteiger partial charge in [-0.15, -0.1) is 0 Å². The second-order valence-corrected chi connectivity index (χ2v) is 6.18. The van der Waals surface area contributed by atoms with Gasteiger partial charge in [0.05, 0.1) is 4.92 Å². The molecule has 0 N–H and O–H groups in total. The number of benzene rings is 2. The van der Waals surface area contributed by atoms with Gasteiger partial charge in [0.2, 0.25) is 0 Å². The maximum absolute atomic E-state index is 12.7. The van der Waals surface area contributed by atoms with Crippen molar-refractivity contribution in [1.82, 2.24) is 0 Å². The number of anilines is 1. The monoisotopic (exact) mass is 360 g/mol. The zero-order valence-corrected chi connectivity index (χ0v) is 13.5. The molecular weight excluding hydrogens is 348 g/mol. The van der Waals surface area contributed by atoms with E-state index in [1.165, 1.54) is 11.0 Å². The summed E-state index contributed by atoms with van der Waals surface area (Å²) < 4.78 is 0.655. The normalized spacial score (nSPS) is 13.1. The molecule has 22 heavy (non-hydrogen) atoms. The van der Waals surface area contributed by atoms with Crippen molar-refractivity contribution >= 4 is 33.2 Å². The molecule has 0 saturated heterocycles. The van der Waals surface area contributed by atoms with Crippen LogP contribution in [-0.4, -0.2) is 17.4 Å². The van der Waals surface area contributed by atoms with Crippen molar-refractivity contribution in [3.05, 3.63) is 67.7 Å². The molecule has 2 aromatic carbocycles. The summed E-state index contributed by atoms with van der Waals surface area (Å²) in [6, 6.07) is 10.5. The lowest BCUT2D eigenvalue weighted by molar-refractivity contribution is -0.384. The SMILES string of the molecule is Cc1ccc(C(=O)N2CCc3cc(Br)cc([N+](=O)[O-])c32)cc1. The third-order valence-electron chi connectivity index (χ3n) is 3.75. The molecule has 0 saturated carbocycles. The summed E-state index contributed by atoms with van der Waals surface area (Å²) in [5.41, 5.74) is 2.80. The van der Waals surface area contributed by atoms with E-state index in [0.717, 1.165) is 11.1 Å². The molecule has 3 rings (SSSR count). The van der Waals surface area contributed by atoms with E-state index in [2.05, 4.69) is 15.9 Å². The minimum atomic E-state index is -0.440. The van der Waals surface area contributed by atoms with Gasteiger partial charge in [-0.2, -0.15) is 0 Å². The lowest BCUT2D eigenvalue weighted by Gasteiger charge is -2.17. The molecule has 1 amide bonds. The fourth-order valence-electron chi connectivity index (χ4n) is 2.68. The predicted molar refractivity (Wildman–Crippen MR) is 87.4 cm³/mol. The summed E-state index contributed by atoms with van der Waals surface area (Å²) in [5, 5.41) is 11.3. The maximum Gasteiger partial charge on any atom is 0.294 e. The Hall–Kier alpha value is -2.21. The molecule has 1 aliphatic heterocycles. The van der Waals surface area contributed by atoms with Crippen molar-refractivity contribution in [3.8, 4) is 0 Å². The summed E-state index contributed by atoms with van der Waals surface area (Å²) in [6.07, 6.45) is 0.618. The number of amides is 1. The highest BCUT2D eigenvalue weighted by molar-refractivity contribution is 9.10. The van der Waals surface area contributed by atoms with Crippen molar-refractivity contribution in [1.29, 1.82) is 0 Å². The number of halogens is 1. The first-order valence-electron chi connectivity index (χ1n) is 6.82. The van der Waals surface area contributed by atoms with E-state index in [9.17, 15) is 14.9 Å². The zero-order valence-electron chi connectivity index (χ0n) is 11.9. The van der Waals surface area contributed by atoms with Crippen molar-refractivity contribution in [2.45, 2.75) is 13.3 Å². The molecule has 6 heteroatoms. The van der Waals surface area contributed by atoms with Gasteiger partial charge in [0.15, 0.2) is 0 Å². The van der Waals surface area contributed by atoms with E-state index >= 15 is 0 Å². The molecule has 0 spiro atoms. The van der Waals surface area contributed by atoms with Crippen LogP contribution in [0.4, 0.5) is 11.4 Å². The highest BCUT2D eigenvalue weighted by Crippen LogP contribution is 2.40. The van der Waals surface area contributed by atoms with Crippen molar-refractivity contribution in [2.24, 2.45) is 0 Å². The lowest BCUT2D eigenvalue weighted by atomic mass is 10.1. The first kappa shape index (κ1) is 14.7. The van der Waals surface area contributed by atoms with Crippen molar-refractivity contribution in [2.75, 3.05) is 11.4 Å². The average Bonchev–Trinajstić information content (AvgIpc) is 2.89. The number of rotatable bonds is 2. The number of aryl methyl sites for hydroxylation is 1. The van der Waals surface area contributed by atoms with Crippen LogP contribution in [0.2, 0.25) is 0 Å². The Bertz CT molecular complexity index is 772. The second kappa shape index (κ2) is 5.53. The molecule has 0 aromatic heterocycles. The average molecular weight is 361 g/mol. The molecule has 0 bridgehead atoms. The summed E-state index contributed by atoms with van der Waals surface area (Å²) in [4.78, 5) is 25.0. The molecule has 0 radical (unpaired) electrons. The van der Waals surface area contributed by atoms with Crippen LogP contribution in [0.5, 0.6) is 0 Å². The molecule has 0 aliphatic carbocycles.